The lowest BCUT2D eigenvalue weighted by atomic mass is 10.1. The molecule has 0 spiro atoms. The first kappa shape index (κ1) is 15.1. The van der Waals surface area contributed by atoms with Gasteiger partial charge in [0.15, 0.2) is 5.82 Å². The van der Waals surface area contributed by atoms with E-state index in [1.54, 1.807) is 41.6 Å². The number of hydrogen-bond acceptors (Lipinski definition) is 4. The zero-order chi connectivity index (χ0) is 17.4. The van der Waals surface area contributed by atoms with Crippen LogP contribution in [0.25, 0.3) is 33.6 Å². The summed E-state index contributed by atoms with van der Waals surface area (Å²) in [6.07, 6.45) is 6.94. The summed E-state index contributed by atoms with van der Waals surface area (Å²) in [5, 5.41) is 5.15. The maximum atomic E-state index is 13.4. The predicted molar refractivity (Wildman–Crippen MR) is 94.6 cm³/mol. The van der Waals surface area contributed by atoms with E-state index in [0.29, 0.717) is 5.82 Å². The van der Waals surface area contributed by atoms with E-state index in [0.717, 1.165) is 33.3 Å². The van der Waals surface area contributed by atoms with Gasteiger partial charge in [0, 0.05) is 29.5 Å². The van der Waals surface area contributed by atoms with E-state index in [1.165, 1.54) is 6.07 Å². The molecule has 0 amide bonds. The number of allylic oxidation sites excluding steroid dienone is 1. The molecule has 122 valence electrons. The summed E-state index contributed by atoms with van der Waals surface area (Å²) >= 11 is 0. The van der Waals surface area contributed by atoms with Crippen LogP contribution in [-0.2, 0) is 0 Å². The zero-order valence-electron chi connectivity index (χ0n) is 13.5. The van der Waals surface area contributed by atoms with Crippen LogP contribution >= 0.6 is 0 Å². The highest BCUT2D eigenvalue weighted by Crippen LogP contribution is 2.24. The Labute approximate surface area is 143 Å². The van der Waals surface area contributed by atoms with E-state index in [2.05, 4.69) is 26.6 Å². The third-order valence-electron chi connectivity index (χ3n) is 3.90. The summed E-state index contributed by atoms with van der Waals surface area (Å²) in [5.74, 6) is -0.130. The van der Waals surface area contributed by atoms with E-state index >= 15 is 0 Å². The number of rotatable bonds is 3. The number of aromatic nitrogens is 5. The van der Waals surface area contributed by atoms with E-state index < -0.39 is 5.95 Å². The molecule has 25 heavy (non-hydrogen) atoms. The van der Waals surface area contributed by atoms with Crippen molar-refractivity contribution in [2.24, 2.45) is 0 Å². The van der Waals surface area contributed by atoms with E-state index in [9.17, 15) is 4.39 Å². The van der Waals surface area contributed by atoms with Crippen LogP contribution < -0.4 is 0 Å². The van der Waals surface area contributed by atoms with Gasteiger partial charge in [-0.2, -0.15) is 9.49 Å². The van der Waals surface area contributed by atoms with Crippen molar-refractivity contribution in [2.45, 2.75) is 6.92 Å². The molecule has 4 heterocycles. The monoisotopic (exact) mass is 331 g/mol. The molecule has 0 bridgehead atoms. The molecule has 0 saturated heterocycles. The molecule has 0 aliphatic carbocycles. The second-order valence-corrected chi connectivity index (χ2v) is 5.75. The van der Waals surface area contributed by atoms with E-state index in [1.807, 2.05) is 19.1 Å². The number of pyridine rings is 3. The van der Waals surface area contributed by atoms with Gasteiger partial charge in [-0.05, 0) is 42.3 Å². The van der Waals surface area contributed by atoms with Crippen molar-refractivity contribution < 1.29 is 4.39 Å². The summed E-state index contributed by atoms with van der Waals surface area (Å²) in [6, 6.07) is 8.50. The fraction of sp³-hybridized carbons (Fsp3) is 0.0526. The van der Waals surface area contributed by atoms with Crippen LogP contribution in [0.4, 0.5) is 4.39 Å². The SMILES string of the molecule is C=C(C)c1cncc(-c2cc3c(cn2)cnn3-c2cccc(F)n2)c1. The third kappa shape index (κ3) is 2.78. The largest absolute Gasteiger partial charge is 0.263 e. The van der Waals surface area contributed by atoms with Crippen molar-refractivity contribution in [3.63, 3.8) is 0 Å². The lowest BCUT2D eigenvalue weighted by molar-refractivity contribution is 0.578. The van der Waals surface area contributed by atoms with Crippen LogP contribution in [0.15, 0.2) is 61.7 Å². The Morgan fingerprint density at radius 1 is 1.12 bits per heavy atom. The summed E-state index contributed by atoms with van der Waals surface area (Å²) < 4.78 is 15.0. The van der Waals surface area contributed by atoms with Crippen LogP contribution in [-0.4, -0.2) is 24.7 Å². The van der Waals surface area contributed by atoms with Gasteiger partial charge in [-0.25, -0.2) is 9.67 Å². The van der Waals surface area contributed by atoms with Crippen molar-refractivity contribution in [1.29, 1.82) is 0 Å². The molecule has 6 heteroatoms. The van der Waals surface area contributed by atoms with Gasteiger partial charge in [0.05, 0.1) is 17.4 Å². The molecule has 0 aliphatic heterocycles. The van der Waals surface area contributed by atoms with E-state index in [-0.39, 0.29) is 0 Å². The molecule has 5 nitrogen and oxygen atoms in total. The van der Waals surface area contributed by atoms with Gasteiger partial charge in [-0.15, -0.1) is 0 Å². The number of halogens is 1. The molecule has 0 aromatic carbocycles. The minimum absolute atomic E-state index is 0.418. The minimum Gasteiger partial charge on any atom is -0.263 e. The fourth-order valence-electron chi connectivity index (χ4n) is 2.59. The Kier molecular flexibility index (Phi) is 3.57. The third-order valence-corrected chi connectivity index (χ3v) is 3.90. The lowest BCUT2D eigenvalue weighted by Crippen LogP contribution is -2.00. The quantitative estimate of drug-likeness (QED) is 0.531. The van der Waals surface area contributed by atoms with Crippen molar-refractivity contribution in [1.82, 2.24) is 24.7 Å². The van der Waals surface area contributed by atoms with Gasteiger partial charge in [-0.3, -0.25) is 9.97 Å². The first-order chi connectivity index (χ1) is 12.1. The Hall–Kier alpha value is -3.41. The van der Waals surface area contributed by atoms with Crippen LogP contribution in [0.1, 0.15) is 12.5 Å². The number of nitrogens with zero attached hydrogens (tertiary/aromatic N) is 5. The zero-order valence-corrected chi connectivity index (χ0v) is 13.5. The maximum absolute atomic E-state index is 13.4. The Balaban J connectivity index is 1.86. The summed E-state index contributed by atoms with van der Waals surface area (Å²) in [7, 11) is 0. The molecule has 0 aliphatic rings. The normalized spacial score (nSPS) is 11.0. The minimum atomic E-state index is -0.547. The molecule has 0 unspecified atom stereocenters. The molecule has 0 atom stereocenters. The van der Waals surface area contributed by atoms with Crippen molar-refractivity contribution in [3.8, 4) is 17.1 Å². The number of fused-ring (bicyclic) bond motifs is 1. The summed E-state index contributed by atoms with van der Waals surface area (Å²) in [6.45, 7) is 5.88. The van der Waals surface area contributed by atoms with Gasteiger partial charge in [0.2, 0.25) is 5.95 Å². The first-order valence-corrected chi connectivity index (χ1v) is 7.70. The van der Waals surface area contributed by atoms with Gasteiger partial charge in [-0.1, -0.05) is 12.6 Å². The molecular weight excluding hydrogens is 317 g/mol. The Morgan fingerprint density at radius 3 is 2.80 bits per heavy atom. The van der Waals surface area contributed by atoms with Crippen molar-refractivity contribution >= 4 is 16.5 Å². The van der Waals surface area contributed by atoms with Crippen molar-refractivity contribution in [2.75, 3.05) is 0 Å². The molecule has 4 aromatic heterocycles. The second kappa shape index (κ2) is 5.90. The molecule has 4 rings (SSSR count). The summed E-state index contributed by atoms with van der Waals surface area (Å²) in [4.78, 5) is 12.6. The Morgan fingerprint density at radius 2 is 2.00 bits per heavy atom. The van der Waals surface area contributed by atoms with Crippen LogP contribution in [0.2, 0.25) is 0 Å². The molecule has 0 saturated carbocycles. The van der Waals surface area contributed by atoms with Crippen LogP contribution in [0.3, 0.4) is 0 Å². The highest BCUT2D eigenvalue weighted by molar-refractivity contribution is 5.83. The average Bonchev–Trinajstić information content (AvgIpc) is 3.05. The van der Waals surface area contributed by atoms with Gasteiger partial charge in [0.1, 0.15) is 0 Å². The highest BCUT2D eigenvalue weighted by atomic mass is 19.1. The Bertz CT molecular complexity index is 1100. The topological polar surface area (TPSA) is 56.5 Å². The molecule has 0 N–H and O–H groups in total. The number of hydrogen-bond donors (Lipinski definition) is 0. The fourth-order valence-corrected chi connectivity index (χ4v) is 2.59. The predicted octanol–water partition coefficient (Wildman–Crippen LogP) is 4.05. The van der Waals surface area contributed by atoms with Crippen LogP contribution in [0, 0.1) is 5.95 Å². The smallest absolute Gasteiger partial charge is 0.214 e. The van der Waals surface area contributed by atoms with Gasteiger partial charge >= 0.3 is 0 Å². The highest BCUT2D eigenvalue weighted by Gasteiger charge is 2.10. The average molecular weight is 331 g/mol. The maximum Gasteiger partial charge on any atom is 0.214 e. The molecule has 4 aromatic rings. The van der Waals surface area contributed by atoms with Gasteiger partial charge in [0.25, 0.3) is 0 Å². The lowest BCUT2D eigenvalue weighted by Gasteiger charge is -2.06. The van der Waals surface area contributed by atoms with Crippen LogP contribution in [0.5, 0.6) is 0 Å². The molecule has 0 fully saturated rings. The van der Waals surface area contributed by atoms with Crippen molar-refractivity contribution in [3.05, 3.63) is 73.2 Å². The van der Waals surface area contributed by atoms with Gasteiger partial charge < -0.3 is 0 Å². The first-order valence-electron chi connectivity index (χ1n) is 7.70. The van der Waals surface area contributed by atoms with E-state index in [4.69, 9.17) is 0 Å². The standard InChI is InChI=1S/C19H14FN5/c1-12(2)13-6-14(9-21-8-13)16-7-17-15(10-22-16)11-23-25(17)19-5-3-4-18(20)24-19/h3-11H,1H2,2H3. The summed E-state index contributed by atoms with van der Waals surface area (Å²) in [5.41, 5.74) is 4.32. The molecule has 0 radical (unpaired) electrons. The second-order valence-electron chi connectivity index (χ2n) is 5.75. The molecular formula is C19H14FN5.